The summed E-state index contributed by atoms with van der Waals surface area (Å²) in [7, 11) is -3.23. The highest BCUT2D eigenvalue weighted by atomic mass is 32.2. The molecule has 108 valence electrons. The summed E-state index contributed by atoms with van der Waals surface area (Å²) in [5.74, 6) is 0.809. The lowest BCUT2D eigenvalue weighted by atomic mass is 10.3. The molecule has 0 aromatic carbocycles. The zero-order valence-electron chi connectivity index (χ0n) is 11.3. The summed E-state index contributed by atoms with van der Waals surface area (Å²) in [6.45, 7) is 2.69. The Labute approximate surface area is 114 Å². The molecule has 1 atom stereocenters. The summed E-state index contributed by atoms with van der Waals surface area (Å²) in [5, 5.41) is 3.38. The summed E-state index contributed by atoms with van der Waals surface area (Å²) in [6.07, 6.45) is 5.65. The van der Waals surface area contributed by atoms with Crippen molar-refractivity contribution >= 4 is 10.0 Å². The average molecular weight is 286 g/mol. The van der Waals surface area contributed by atoms with Crippen molar-refractivity contribution in [3.05, 3.63) is 24.2 Å². The van der Waals surface area contributed by atoms with Gasteiger partial charge in [-0.05, 0) is 51.3 Å². The van der Waals surface area contributed by atoms with Gasteiger partial charge in [-0.15, -0.1) is 0 Å². The Balaban J connectivity index is 1.65. The van der Waals surface area contributed by atoms with E-state index >= 15 is 0 Å². The highest BCUT2D eigenvalue weighted by Crippen LogP contribution is 2.18. The molecule has 1 aromatic heterocycles. The van der Waals surface area contributed by atoms with E-state index in [2.05, 4.69) is 10.0 Å². The van der Waals surface area contributed by atoms with Crippen LogP contribution < -0.4 is 10.0 Å². The van der Waals surface area contributed by atoms with Gasteiger partial charge in [0.05, 0.1) is 18.1 Å². The molecule has 2 N–H and O–H groups in total. The maximum atomic E-state index is 11.9. The van der Waals surface area contributed by atoms with Gasteiger partial charge in [0.1, 0.15) is 5.76 Å². The number of rotatable bonds is 9. The molecule has 0 saturated heterocycles. The van der Waals surface area contributed by atoms with Crippen LogP contribution in [0.5, 0.6) is 0 Å². The third kappa shape index (κ3) is 5.34. The van der Waals surface area contributed by atoms with Gasteiger partial charge in [0.2, 0.25) is 10.0 Å². The minimum absolute atomic E-state index is 0.171. The highest BCUT2D eigenvalue weighted by molar-refractivity contribution is 7.89. The molecular weight excluding hydrogens is 264 g/mol. The van der Waals surface area contributed by atoms with E-state index in [9.17, 15) is 8.42 Å². The standard InChI is InChI=1S/C13H22N2O3S/c1-11(13-5-4-9-18-13)15-19(16,17)10-3-2-8-14-12-6-7-12/h4-5,9,11-12,14-15H,2-3,6-8,10H2,1H3. The Kier molecular flexibility index (Phi) is 5.01. The summed E-state index contributed by atoms with van der Waals surface area (Å²) in [5.41, 5.74) is 0. The lowest BCUT2D eigenvalue weighted by molar-refractivity contribution is 0.459. The van der Waals surface area contributed by atoms with Gasteiger partial charge in [0.15, 0.2) is 0 Å². The van der Waals surface area contributed by atoms with Gasteiger partial charge < -0.3 is 9.73 Å². The lowest BCUT2D eigenvalue weighted by Gasteiger charge is -2.12. The lowest BCUT2D eigenvalue weighted by Crippen LogP contribution is -2.29. The van der Waals surface area contributed by atoms with Crippen LogP contribution in [0.3, 0.4) is 0 Å². The van der Waals surface area contributed by atoms with Crippen LogP contribution >= 0.6 is 0 Å². The molecule has 1 aliphatic carbocycles. The second-order valence-electron chi connectivity index (χ2n) is 5.11. The number of hydrogen-bond acceptors (Lipinski definition) is 4. The first-order valence-electron chi connectivity index (χ1n) is 6.83. The fraction of sp³-hybridized carbons (Fsp3) is 0.692. The second-order valence-corrected chi connectivity index (χ2v) is 6.98. The van der Waals surface area contributed by atoms with E-state index in [4.69, 9.17) is 4.42 Å². The van der Waals surface area contributed by atoms with Gasteiger partial charge in [0, 0.05) is 6.04 Å². The topological polar surface area (TPSA) is 71.3 Å². The minimum Gasteiger partial charge on any atom is -0.468 e. The van der Waals surface area contributed by atoms with Crippen LogP contribution in [0, 0.1) is 0 Å². The molecule has 0 spiro atoms. The Bertz CT molecular complexity index is 466. The van der Waals surface area contributed by atoms with Crippen molar-refractivity contribution in [3.8, 4) is 0 Å². The van der Waals surface area contributed by atoms with Crippen LogP contribution in [-0.2, 0) is 10.0 Å². The molecule has 2 rings (SSSR count). The van der Waals surface area contributed by atoms with Crippen LogP contribution in [0.1, 0.15) is 44.4 Å². The Hall–Kier alpha value is -0.850. The van der Waals surface area contributed by atoms with Gasteiger partial charge in [-0.25, -0.2) is 13.1 Å². The number of unbranched alkanes of at least 4 members (excludes halogenated alkanes) is 1. The fourth-order valence-corrected chi connectivity index (χ4v) is 3.29. The number of hydrogen-bond donors (Lipinski definition) is 2. The van der Waals surface area contributed by atoms with E-state index in [0.717, 1.165) is 13.0 Å². The molecule has 1 heterocycles. The predicted octanol–water partition coefficient (Wildman–Crippen LogP) is 1.79. The normalized spacial score (nSPS) is 17.5. The monoisotopic (exact) mass is 286 g/mol. The summed E-state index contributed by atoms with van der Waals surface area (Å²) < 4.78 is 31.6. The molecule has 0 aliphatic heterocycles. The predicted molar refractivity (Wildman–Crippen MR) is 74.3 cm³/mol. The molecule has 0 bridgehead atoms. The zero-order valence-corrected chi connectivity index (χ0v) is 12.1. The molecule has 1 unspecified atom stereocenters. The largest absolute Gasteiger partial charge is 0.468 e. The van der Waals surface area contributed by atoms with Gasteiger partial charge in [-0.2, -0.15) is 0 Å². The van der Waals surface area contributed by atoms with Crippen molar-refractivity contribution < 1.29 is 12.8 Å². The molecule has 1 aliphatic rings. The average Bonchev–Trinajstić information content (AvgIpc) is 3.00. The highest BCUT2D eigenvalue weighted by Gasteiger charge is 2.20. The molecular formula is C13H22N2O3S. The van der Waals surface area contributed by atoms with E-state index in [0.29, 0.717) is 18.2 Å². The van der Waals surface area contributed by atoms with E-state index < -0.39 is 10.0 Å². The first-order valence-corrected chi connectivity index (χ1v) is 8.49. The first kappa shape index (κ1) is 14.6. The molecule has 19 heavy (non-hydrogen) atoms. The van der Waals surface area contributed by atoms with Crippen LogP contribution in [0.2, 0.25) is 0 Å². The Morgan fingerprint density at radius 2 is 2.21 bits per heavy atom. The van der Waals surface area contributed by atoms with Crippen molar-refractivity contribution in [2.24, 2.45) is 0 Å². The third-order valence-corrected chi connectivity index (χ3v) is 4.72. The summed E-state index contributed by atoms with van der Waals surface area (Å²) >= 11 is 0. The molecule has 0 radical (unpaired) electrons. The number of sulfonamides is 1. The van der Waals surface area contributed by atoms with Crippen LogP contribution in [0.4, 0.5) is 0 Å². The van der Waals surface area contributed by atoms with Gasteiger partial charge >= 0.3 is 0 Å². The number of nitrogens with one attached hydrogen (secondary N) is 2. The fourth-order valence-electron chi connectivity index (χ4n) is 1.93. The van der Waals surface area contributed by atoms with E-state index in [-0.39, 0.29) is 11.8 Å². The molecule has 1 aromatic rings. The van der Waals surface area contributed by atoms with Crippen molar-refractivity contribution in [2.45, 2.75) is 44.7 Å². The molecule has 1 saturated carbocycles. The quantitative estimate of drug-likeness (QED) is 0.679. The van der Waals surface area contributed by atoms with Gasteiger partial charge in [0.25, 0.3) is 0 Å². The minimum atomic E-state index is -3.23. The molecule has 5 nitrogen and oxygen atoms in total. The molecule has 1 fully saturated rings. The maximum Gasteiger partial charge on any atom is 0.212 e. The van der Waals surface area contributed by atoms with Crippen molar-refractivity contribution in [2.75, 3.05) is 12.3 Å². The third-order valence-electron chi connectivity index (χ3n) is 3.18. The van der Waals surface area contributed by atoms with Crippen molar-refractivity contribution in [1.82, 2.24) is 10.0 Å². The smallest absolute Gasteiger partial charge is 0.212 e. The number of furan rings is 1. The van der Waals surface area contributed by atoms with E-state index in [1.807, 2.05) is 0 Å². The Morgan fingerprint density at radius 3 is 2.84 bits per heavy atom. The SMILES string of the molecule is CC(NS(=O)(=O)CCCCNC1CC1)c1ccco1. The second kappa shape index (κ2) is 6.54. The molecule has 0 amide bonds. The Morgan fingerprint density at radius 1 is 1.42 bits per heavy atom. The van der Waals surface area contributed by atoms with Crippen LogP contribution in [0.25, 0.3) is 0 Å². The summed E-state index contributed by atoms with van der Waals surface area (Å²) in [6, 6.07) is 3.90. The summed E-state index contributed by atoms with van der Waals surface area (Å²) in [4.78, 5) is 0. The van der Waals surface area contributed by atoms with Gasteiger partial charge in [-0.3, -0.25) is 0 Å². The van der Waals surface area contributed by atoms with Crippen molar-refractivity contribution in [3.63, 3.8) is 0 Å². The first-order chi connectivity index (χ1) is 9.07. The van der Waals surface area contributed by atoms with E-state index in [1.165, 1.54) is 12.8 Å². The van der Waals surface area contributed by atoms with Crippen LogP contribution in [0.15, 0.2) is 22.8 Å². The maximum absolute atomic E-state index is 11.9. The van der Waals surface area contributed by atoms with Crippen LogP contribution in [-0.4, -0.2) is 26.8 Å². The molecule has 6 heteroatoms. The zero-order chi connectivity index (χ0) is 13.7. The van der Waals surface area contributed by atoms with Gasteiger partial charge in [-0.1, -0.05) is 0 Å². The van der Waals surface area contributed by atoms with E-state index in [1.54, 1.807) is 25.3 Å². The van der Waals surface area contributed by atoms with Crippen molar-refractivity contribution in [1.29, 1.82) is 0 Å².